The lowest BCUT2D eigenvalue weighted by molar-refractivity contribution is 0.184. The first-order chi connectivity index (χ1) is 10.3. The number of ether oxygens (including phenoxy) is 2. The van der Waals surface area contributed by atoms with Crippen LogP contribution in [0, 0.1) is 0 Å². The highest BCUT2D eigenvalue weighted by molar-refractivity contribution is 5.28. The van der Waals surface area contributed by atoms with E-state index in [1.54, 1.807) is 7.11 Å². The molecule has 0 fully saturated rings. The average Bonchev–Trinajstić information content (AvgIpc) is 2.53. The Kier molecular flexibility index (Phi) is 6.25. The van der Waals surface area contributed by atoms with E-state index in [2.05, 4.69) is 36.5 Å². The number of methoxy groups -OCH3 is 1. The van der Waals surface area contributed by atoms with Crippen LogP contribution in [-0.4, -0.2) is 20.3 Å². The third kappa shape index (κ3) is 4.88. The normalized spacial score (nSPS) is 12.1. The molecule has 0 spiro atoms. The van der Waals surface area contributed by atoms with E-state index in [1.807, 2.05) is 30.3 Å². The first kappa shape index (κ1) is 15.5. The van der Waals surface area contributed by atoms with Gasteiger partial charge in [0, 0.05) is 7.11 Å². The number of likely N-dealkylation sites (N-methyl/N-ethyl adjacent to an activating group) is 1. The van der Waals surface area contributed by atoms with Crippen molar-refractivity contribution in [3.05, 3.63) is 65.7 Å². The van der Waals surface area contributed by atoms with Crippen LogP contribution in [0.4, 0.5) is 0 Å². The molecule has 0 heterocycles. The highest BCUT2D eigenvalue weighted by Crippen LogP contribution is 2.18. The summed E-state index contributed by atoms with van der Waals surface area (Å²) in [6.45, 7) is 4.22. The zero-order valence-corrected chi connectivity index (χ0v) is 12.7. The Morgan fingerprint density at radius 2 is 1.86 bits per heavy atom. The molecular formula is C18H23NO2. The Morgan fingerprint density at radius 3 is 2.57 bits per heavy atom. The summed E-state index contributed by atoms with van der Waals surface area (Å²) in [6, 6.07) is 18.6. The summed E-state index contributed by atoms with van der Waals surface area (Å²) >= 11 is 0. The predicted molar refractivity (Wildman–Crippen MR) is 85.5 cm³/mol. The fourth-order valence-corrected chi connectivity index (χ4v) is 2.28. The molecule has 2 aromatic rings. The third-order valence-corrected chi connectivity index (χ3v) is 3.28. The molecule has 2 rings (SSSR count). The van der Waals surface area contributed by atoms with E-state index in [0.29, 0.717) is 13.2 Å². The molecule has 0 saturated carbocycles. The van der Waals surface area contributed by atoms with Gasteiger partial charge in [0.1, 0.15) is 12.4 Å². The van der Waals surface area contributed by atoms with Gasteiger partial charge in [0.05, 0.1) is 12.6 Å². The molecular weight excluding hydrogens is 262 g/mol. The van der Waals surface area contributed by atoms with Crippen molar-refractivity contribution in [3.63, 3.8) is 0 Å². The Morgan fingerprint density at radius 1 is 1.05 bits per heavy atom. The molecule has 0 aliphatic rings. The van der Waals surface area contributed by atoms with Crippen LogP contribution in [0.1, 0.15) is 24.1 Å². The topological polar surface area (TPSA) is 30.5 Å². The van der Waals surface area contributed by atoms with Crippen LogP contribution in [0.3, 0.4) is 0 Å². The number of nitrogens with one attached hydrogen (secondary N) is 1. The van der Waals surface area contributed by atoms with Gasteiger partial charge in [-0.3, -0.25) is 0 Å². The highest BCUT2D eigenvalue weighted by Gasteiger charge is 2.10. The zero-order chi connectivity index (χ0) is 14.9. The number of hydrogen-bond donors (Lipinski definition) is 1. The highest BCUT2D eigenvalue weighted by atomic mass is 16.5. The van der Waals surface area contributed by atoms with E-state index in [4.69, 9.17) is 9.47 Å². The summed E-state index contributed by atoms with van der Waals surface area (Å²) in [5, 5.41) is 3.46. The molecule has 112 valence electrons. The monoisotopic (exact) mass is 285 g/mol. The zero-order valence-electron chi connectivity index (χ0n) is 12.7. The second-order valence-electron chi connectivity index (χ2n) is 4.91. The molecule has 1 unspecified atom stereocenters. The summed E-state index contributed by atoms with van der Waals surface area (Å²) in [4.78, 5) is 0. The summed E-state index contributed by atoms with van der Waals surface area (Å²) in [5.74, 6) is 0.878. The quantitative estimate of drug-likeness (QED) is 0.804. The molecule has 1 N–H and O–H groups in total. The Labute approximate surface area is 126 Å². The Hall–Kier alpha value is -1.84. The van der Waals surface area contributed by atoms with Crippen molar-refractivity contribution in [1.29, 1.82) is 0 Å². The molecule has 0 aromatic heterocycles. The maximum atomic E-state index is 5.94. The molecule has 0 bridgehead atoms. The first-order valence-corrected chi connectivity index (χ1v) is 7.32. The Balaban J connectivity index is 2.00. The summed E-state index contributed by atoms with van der Waals surface area (Å²) in [6.07, 6.45) is 0. The number of rotatable bonds is 8. The molecule has 3 nitrogen and oxygen atoms in total. The lowest BCUT2D eigenvalue weighted by Gasteiger charge is -2.19. The van der Waals surface area contributed by atoms with E-state index in [0.717, 1.165) is 17.9 Å². The van der Waals surface area contributed by atoms with Gasteiger partial charge in [0.15, 0.2) is 0 Å². The van der Waals surface area contributed by atoms with Crippen LogP contribution >= 0.6 is 0 Å². The van der Waals surface area contributed by atoms with Gasteiger partial charge in [0.2, 0.25) is 0 Å². The third-order valence-electron chi connectivity index (χ3n) is 3.28. The minimum absolute atomic E-state index is 0.197. The van der Waals surface area contributed by atoms with Crippen molar-refractivity contribution in [2.24, 2.45) is 0 Å². The van der Waals surface area contributed by atoms with Gasteiger partial charge in [0.25, 0.3) is 0 Å². The summed E-state index contributed by atoms with van der Waals surface area (Å²) in [5.41, 5.74) is 2.36. The standard InChI is InChI=1S/C18H23NO2/c1-3-19-18(16-9-5-4-6-10-16)14-21-17-11-7-8-15(12-17)13-20-2/h4-12,18-19H,3,13-14H2,1-2H3. The van der Waals surface area contributed by atoms with Crippen LogP contribution < -0.4 is 10.1 Å². The predicted octanol–water partition coefficient (Wildman–Crippen LogP) is 3.56. The fourth-order valence-electron chi connectivity index (χ4n) is 2.28. The second-order valence-corrected chi connectivity index (χ2v) is 4.91. The van der Waals surface area contributed by atoms with E-state index in [-0.39, 0.29) is 6.04 Å². The molecule has 0 amide bonds. The average molecular weight is 285 g/mol. The van der Waals surface area contributed by atoms with E-state index in [1.165, 1.54) is 5.56 Å². The van der Waals surface area contributed by atoms with Crippen molar-refractivity contribution in [2.75, 3.05) is 20.3 Å². The van der Waals surface area contributed by atoms with E-state index < -0.39 is 0 Å². The van der Waals surface area contributed by atoms with Crippen molar-refractivity contribution in [1.82, 2.24) is 5.32 Å². The SMILES string of the molecule is CCNC(COc1cccc(COC)c1)c1ccccc1. The van der Waals surface area contributed by atoms with Crippen molar-refractivity contribution < 1.29 is 9.47 Å². The number of benzene rings is 2. The Bertz CT molecular complexity index is 528. The van der Waals surface area contributed by atoms with Crippen molar-refractivity contribution >= 4 is 0 Å². The van der Waals surface area contributed by atoms with E-state index >= 15 is 0 Å². The van der Waals surface area contributed by atoms with Gasteiger partial charge in [-0.05, 0) is 29.8 Å². The van der Waals surface area contributed by atoms with Crippen LogP contribution in [0.5, 0.6) is 5.75 Å². The van der Waals surface area contributed by atoms with Crippen molar-refractivity contribution in [2.45, 2.75) is 19.6 Å². The molecule has 3 heteroatoms. The largest absolute Gasteiger partial charge is 0.492 e. The molecule has 0 aliphatic carbocycles. The molecule has 0 aliphatic heterocycles. The lowest BCUT2D eigenvalue weighted by Crippen LogP contribution is -2.26. The van der Waals surface area contributed by atoms with Crippen LogP contribution in [0.15, 0.2) is 54.6 Å². The van der Waals surface area contributed by atoms with Gasteiger partial charge in [-0.25, -0.2) is 0 Å². The molecule has 2 aromatic carbocycles. The minimum Gasteiger partial charge on any atom is -0.492 e. The van der Waals surface area contributed by atoms with Gasteiger partial charge in [-0.15, -0.1) is 0 Å². The van der Waals surface area contributed by atoms with Crippen molar-refractivity contribution in [3.8, 4) is 5.75 Å². The fraction of sp³-hybridized carbons (Fsp3) is 0.333. The minimum atomic E-state index is 0.197. The van der Waals surface area contributed by atoms with Crippen LogP contribution in [0.25, 0.3) is 0 Å². The van der Waals surface area contributed by atoms with Crippen LogP contribution in [0.2, 0.25) is 0 Å². The summed E-state index contributed by atoms with van der Waals surface area (Å²) in [7, 11) is 1.70. The molecule has 1 atom stereocenters. The first-order valence-electron chi connectivity index (χ1n) is 7.32. The molecule has 21 heavy (non-hydrogen) atoms. The molecule has 0 saturated heterocycles. The van der Waals surface area contributed by atoms with Gasteiger partial charge < -0.3 is 14.8 Å². The summed E-state index contributed by atoms with van der Waals surface area (Å²) < 4.78 is 11.1. The van der Waals surface area contributed by atoms with Crippen LogP contribution in [-0.2, 0) is 11.3 Å². The lowest BCUT2D eigenvalue weighted by atomic mass is 10.1. The van der Waals surface area contributed by atoms with Gasteiger partial charge in [-0.1, -0.05) is 49.4 Å². The molecule has 0 radical (unpaired) electrons. The van der Waals surface area contributed by atoms with Gasteiger partial charge in [-0.2, -0.15) is 0 Å². The smallest absolute Gasteiger partial charge is 0.119 e. The maximum absolute atomic E-state index is 5.94. The van der Waals surface area contributed by atoms with E-state index in [9.17, 15) is 0 Å². The second kappa shape index (κ2) is 8.45. The van der Waals surface area contributed by atoms with Gasteiger partial charge >= 0.3 is 0 Å². The number of hydrogen-bond acceptors (Lipinski definition) is 3. The maximum Gasteiger partial charge on any atom is 0.119 e.